The lowest BCUT2D eigenvalue weighted by Gasteiger charge is -1.98. The van der Waals surface area contributed by atoms with Gasteiger partial charge in [-0.2, -0.15) is 0 Å². The molecule has 2 aromatic rings. The molecule has 0 bridgehead atoms. The first-order valence-electron chi connectivity index (χ1n) is 4.80. The van der Waals surface area contributed by atoms with Gasteiger partial charge in [0.15, 0.2) is 0 Å². The number of hydrogen-bond acceptors (Lipinski definition) is 2. The Labute approximate surface area is 88.1 Å². The summed E-state index contributed by atoms with van der Waals surface area (Å²) >= 11 is 0. The van der Waals surface area contributed by atoms with Crippen LogP contribution in [0.2, 0.25) is 0 Å². The average Bonchev–Trinajstić information content (AvgIpc) is 2.60. The van der Waals surface area contributed by atoms with Crippen LogP contribution in [0.4, 0.5) is 0 Å². The quantitative estimate of drug-likeness (QED) is 0.724. The molecule has 1 aromatic heterocycles. The third-order valence-electron chi connectivity index (χ3n) is 2.48. The third kappa shape index (κ3) is 1.61. The van der Waals surface area contributed by atoms with Crippen molar-refractivity contribution in [1.29, 1.82) is 0 Å². The molecule has 0 aliphatic heterocycles. The second kappa shape index (κ2) is 3.42. The molecule has 15 heavy (non-hydrogen) atoms. The molecule has 78 valence electrons. The number of esters is 1. The summed E-state index contributed by atoms with van der Waals surface area (Å²) in [5.74, 6) is -0.330. The van der Waals surface area contributed by atoms with Crippen LogP contribution in [-0.4, -0.2) is 18.1 Å². The zero-order valence-electron chi connectivity index (χ0n) is 9.05. The first-order chi connectivity index (χ1) is 7.11. The molecule has 0 saturated carbocycles. The van der Waals surface area contributed by atoms with Crippen LogP contribution in [0.5, 0.6) is 0 Å². The maximum Gasteiger partial charge on any atom is 0.354 e. The predicted molar refractivity (Wildman–Crippen MR) is 59.1 cm³/mol. The molecule has 0 amide bonds. The van der Waals surface area contributed by atoms with Crippen LogP contribution in [0.15, 0.2) is 18.2 Å². The van der Waals surface area contributed by atoms with Crippen molar-refractivity contribution in [2.45, 2.75) is 13.8 Å². The number of H-pyrrole nitrogens is 1. The van der Waals surface area contributed by atoms with Crippen molar-refractivity contribution >= 4 is 16.9 Å². The number of nitrogens with one attached hydrogen (secondary N) is 1. The van der Waals surface area contributed by atoms with Crippen molar-refractivity contribution in [1.82, 2.24) is 4.98 Å². The predicted octanol–water partition coefficient (Wildman–Crippen LogP) is 2.57. The van der Waals surface area contributed by atoms with Crippen molar-refractivity contribution in [3.05, 3.63) is 35.0 Å². The molecule has 1 heterocycles. The monoisotopic (exact) mass is 203 g/mol. The Hall–Kier alpha value is -1.77. The van der Waals surface area contributed by atoms with Gasteiger partial charge in [0, 0.05) is 10.9 Å². The summed E-state index contributed by atoms with van der Waals surface area (Å²) in [5, 5.41) is 1.05. The fraction of sp³-hybridized carbons (Fsp3) is 0.250. The van der Waals surface area contributed by atoms with E-state index in [1.165, 1.54) is 12.7 Å². The largest absolute Gasteiger partial charge is 0.464 e. The van der Waals surface area contributed by atoms with Gasteiger partial charge in [0.2, 0.25) is 0 Å². The number of ether oxygens (including phenoxy) is 1. The van der Waals surface area contributed by atoms with E-state index in [9.17, 15) is 4.79 Å². The van der Waals surface area contributed by atoms with E-state index in [0.29, 0.717) is 5.69 Å². The average molecular weight is 203 g/mol. The summed E-state index contributed by atoms with van der Waals surface area (Å²) < 4.78 is 4.67. The van der Waals surface area contributed by atoms with E-state index in [-0.39, 0.29) is 5.97 Å². The fourth-order valence-electron chi connectivity index (χ4n) is 1.83. The van der Waals surface area contributed by atoms with Crippen LogP contribution in [0.25, 0.3) is 10.9 Å². The van der Waals surface area contributed by atoms with E-state index in [0.717, 1.165) is 16.5 Å². The molecule has 0 aliphatic carbocycles. The van der Waals surface area contributed by atoms with Crippen molar-refractivity contribution in [3.8, 4) is 0 Å². The first kappa shape index (κ1) is 9.77. The molecule has 0 aliphatic rings. The number of carbonyl (C=O) groups excluding carboxylic acids is 1. The van der Waals surface area contributed by atoms with Gasteiger partial charge in [-0.3, -0.25) is 0 Å². The molecule has 0 unspecified atom stereocenters. The number of methoxy groups -OCH3 is 1. The zero-order valence-corrected chi connectivity index (χ0v) is 9.05. The Bertz CT molecular complexity index is 526. The number of carbonyl (C=O) groups is 1. The van der Waals surface area contributed by atoms with Gasteiger partial charge in [-0.1, -0.05) is 11.6 Å². The van der Waals surface area contributed by atoms with Gasteiger partial charge in [0.1, 0.15) is 5.69 Å². The maximum atomic E-state index is 11.3. The molecule has 0 saturated heterocycles. The highest BCUT2D eigenvalue weighted by molar-refractivity contribution is 5.95. The smallest absolute Gasteiger partial charge is 0.354 e. The van der Waals surface area contributed by atoms with Gasteiger partial charge in [-0.25, -0.2) is 4.79 Å². The summed E-state index contributed by atoms with van der Waals surface area (Å²) in [6, 6.07) is 5.95. The molecular formula is C12H13NO2. The minimum absolute atomic E-state index is 0.330. The standard InChI is InChI=1S/C12H13NO2/c1-7-4-8(2)11-9(5-7)6-10(13-11)12(14)15-3/h4-6,13H,1-3H3. The van der Waals surface area contributed by atoms with E-state index < -0.39 is 0 Å². The molecule has 3 heteroatoms. The summed E-state index contributed by atoms with van der Waals surface area (Å²) in [7, 11) is 1.38. The van der Waals surface area contributed by atoms with Crippen LogP contribution in [0.3, 0.4) is 0 Å². The second-order valence-corrected chi connectivity index (χ2v) is 3.72. The Kier molecular flexibility index (Phi) is 2.23. The van der Waals surface area contributed by atoms with Gasteiger partial charge in [0.25, 0.3) is 0 Å². The molecule has 3 nitrogen and oxygen atoms in total. The summed E-state index contributed by atoms with van der Waals surface area (Å²) in [6.45, 7) is 4.06. The maximum absolute atomic E-state index is 11.3. The van der Waals surface area contributed by atoms with Crippen LogP contribution in [0, 0.1) is 13.8 Å². The minimum atomic E-state index is -0.330. The summed E-state index contributed by atoms with van der Waals surface area (Å²) in [4.78, 5) is 14.4. The zero-order chi connectivity index (χ0) is 11.0. The van der Waals surface area contributed by atoms with Crippen LogP contribution < -0.4 is 0 Å². The Morgan fingerprint density at radius 1 is 1.27 bits per heavy atom. The molecule has 0 fully saturated rings. The summed E-state index contributed by atoms with van der Waals surface area (Å²) in [5.41, 5.74) is 3.83. The van der Waals surface area contributed by atoms with Crippen molar-refractivity contribution in [2.24, 2.45) is 0 Å². The third-order valence-corrected chi connectivity index (χ3v) is 2.48. The molecule has 0 radical (unpaired) electrons. The van der Waals surface area contributed by atoms with Gasteiger partial charge >= 0.3 is 5.97 Å². The Morgan fingerprint density at radius 2 is 2.00 bits per heavy atom. The number of hydrogen-bond donors (Lipinski definition) is 1. The second-order valence-electron chi connectivity index (χ2n) is 3.72. The number of benzene rings is 1. The van der Waals surface area contributed by atoms with Crippen molar-refractivity contribution < 1.29 is 9.53 Å². The minimum Gasteiger partial charge on any atom is -0.464 e. The van der Waals surface area contributed by atoms with Crippen molar-refractivity contribution in [2.75, 3.05) is 7.11 Å². The SMILES string of the molecule is COC(=O)c1cc2cc(C)cc(C)c2[nH]1. The van der Waals surface area contributed by atoms with Crippen LogP contribution >= 0.6 is 0 Å². The van der Waals surface area contributed by atoms with Gasteiger partial charge in [-0.05, 0) is 31.5 Å². The lowest BCUT2D eigenvalue weighted by Crippen LogP contribution is -2.00. The van der Waals surface area contributed by atoms with Gasteiger partial charge in [0.05, 0.1) is 7.11 Å². The fourth-order valence-corrected chi connectivity index (χ4v) is 1.83. The van der Waals surface area contributed by atoms with E-state index in [4.69, 9.17) is 0 Å². The highest BCUT2D eigenvalue weighted by Gasteiger charge is 2.10. The van der Waals surface area contributed by atoms with Gasteiger partial charge in [-0.15, -0.1) is 0 Å². The van der Waals surface area contributed by atoms with E-state index >= 15 is 0 Å². The highest BCUT2D eigenvalue weighted by Crippen LogP contribution is 2.21. The van der Waals surface area contributed by atoms with E-state index in [1.807, 2.05) is 26.0 Å². The first-order valence-corrected chi connectivity index (χ1v) is 4.80. The summed E-state index contributed by atoms with van der Waals surface area (Å²) in [6.07, 6.45) is 0. The molecule has 2 rings (SSSR count). The van der Waals surface area contributed by atoms with E-state index in [1.54, 1.807) is 0 Å². The normalized spacial score (nSPS) is 10.6. The molecule has 0 spiro atoms. The number of fused-ring (bicyclic) bond motifs is 1. The van der Waals surface area contributed by atoms with Crippen LogP contribution in [0.1, 0.15) is 21.6 Å². The highest BCUT2D eigenvalue weighted by atomic mass is 16.5. The van der Waals surface area contributed by atoms with Crippen molar-refractivity contribution in [3.63, 3.8) is 0 Å². The lowest BCUT2D eigenvalue weighted by atomic mass is 10.1. The van der Waals surface area contributed by atoms with Crippen LogP contribution in [-0.2, 0) is 4.74 Å². The lowest BCUT2D eigenvalue weighted by molar-refractivity contribution is 0.0595. The number of aromatic amines is 1. The van der Waals surface area contributed by atoms with E-state index in [2.05, 4.69) is 15.8 Å². The Balaban J connectivity index is 2.65. The number of rotatable bonds is 1. The van der Waals surface area contributed by atoms with Gasteiger partial charge < -0.3 is 9.72 Å². The topological polar surface area (TPSA) is 42.1 Å². The number of aromatic nitrogens is 1. The Morgan fingerprint density at radius 3 is 2.67 bits per heavy atom. The molecule has 0 atom stereocenters. The molecule has 1 aromatic carbocycles. The molecule has 1 N–H and O–H groups in total. The number of aryl methyl sites for hydroxylation is 2. The molecular weight excluding hydrogens is 190 g/mol.